The fourth-order valence-corrected chi connectivity index (χ4v) is 2.03. The second-order valence-electron chi connectivity index (χ2n) is 4.33. The summed E-state index contributed by atoms with van der Waals surface area (Å²) in [6, 6.07) is 7.45. The molecule has 1 aromatic rings. The van der Waals surface area contributed by atoms with Crippen LogP contribution in [0.1, 0.15) is 19.3 Å². The van der Waals surface area contributed by atoms with Gasteiger partial charge in [-0.2, -0.15) is 0 Å². The first kappa shape index (κ1) is 13.4. The van der Waals surface area contributed by atoms with Crippen LogP contribution in [0.3, 0.4) is 0 Å². The Kier molecular flexibility index (Phi) is 4.35. The third-order valence-corrected chi connectivity index (χ3v) is 3.00. The van der Waals surface area contributed by atoms with Gasteiger partial charge in [-0.1, -0.05) is 12.1 Å². The smallest absolute Gasteiger partial charge is 0.265 e. The number of hydrazine groups is 1. The first-order chi connectivity index (χ1) is 9.22. The van der Waals surface area contributed by atoms with E-state index < -0.39 is 0 Å². The summed E-state index contributed by atoms with van der Waals surface area (Å²) in [7, 11) is 0. The molecule has 19 heavy (non-hydrogen) atoms. The predicted octanol–water partition coefficient (Wildman–Crippen LogP) is 0.572. The highest BCUT2D eigenvalue weighted by atomic mass is 16.5. The number of benzene rings is 1. The minimum atomic E-state index is -0.186. The Balaban J connectivity index is 1.92. The fraction of sp³-hybridized carbons (Fsp3) is 0.385. The number of anilines is 1. The zero-order valence-electron chi connectivity index (χ0n) is 10.6. The molecule has 0 spiro atoms. The average molecular weight is 263 g/mol. The number of para-hydroxylation sites is 2. The number of carbonyl (C=O) groups excluding carboxylic acids is 2. The molecule has 1 heterocycles. The number of nitrogens with two attached hydrogens (primary N) is 1. The van der Waals surface area contributed by atoms with Gasteiger partial charge in [0.2, 0.25) is 5.91 Å². The molecular weight excluding hydrogens is 246 g/mol. The van der Waals surface area contributed by atoms with Gasteiger partial charge in [-0.15, -0.1) is 0 Å². The third-order valence-electron chi connectivity index (χ3n) is 3.00. The molecule has 2 rings (SSSR count). The molecule has 0 atom stereocenters. The lowest BCUT2D eigenvalue weighted by molar-refractivity contribution is -0.121. The van der Waals surface area contributed by atoms with E-state index >= 15 is 0 Å². The van der Waals surface area contributed by atoms with E-state index in [2.05, 4.69) is 5.43 Å². The lowest BCUT2D eigenvalue weighted by atomic mass is 10.2. The second-order valence-corrected chi connectivity index (χ2v) is 4.33. The predicted molar refractivity (Wildman–Crippen MR) is 70.5 cm³/mol. The maximum atomic E-state index is 11.8. The van der Waals surface area contributed by atoms with Crippen LogP contribution in [0.25, 0.3) is 0 Å². The van der Waals surface area contributed by atoms with Crippen molar-refractivity contribution >= 4 is 17.5 Å². The molecule has 6 nitrogen and oxygen atoms in total. The summed E-state index contributed by atoms with van der Waals surface area (Å²) >= 11 is 0. The average Bonchev–Trinajstić information content (AvgIpc) is 2.45. The second kappa shape index (κ2) is 6.19. The third kappa shape index (κ3) is 3.23. The normalized spacial score (nSPS) is 13.7. The number of unbranched alkanes of at least 4 members (excludes halogenated alkanes) is 1. The van der Waals surface area contributed by atoms with Gasteiger partial charge in [0.1, 0.15) is 5.75 Å². The van der Waals surface area contributed by atoms with Gasteiger partial charge in [0, 0.05) is 13.0 Å². The molecule has 0 aromatic heterocycles. The van der Waals surface area contributed by atoms with Crippen LogP contribution >= 0.6 is 0 Å². The topological polar surface area (TPSA) is 84.7 Å². The standard InChI is InChI=1S/C13H17N3O3/c14-15-12(17)7-3-4-8-16-10-5-1-2-6-11(10)19-9-13(16)18/h1-2,5-6H,3-4,7-9,14H2,(H,15,17). The highest BCUT2D eigenvalue weighted by Gasteiger charge is 2.24. The van der Waals surface area contributed by atoms with Crippen molar-refractivity contribution in [3.63, 3.8) is 0 Å². The van der Waals surface area contributed by atoms with E-state index in [0.29, 0.717) is 19.4 Å². The van der Waals surface area contributed by atoms with Crippen LogP contribution in [0.2, 0.25) is 0 Å². The first-order valence-corrected chi connectivity index (χ1v) is 6.24. The lowest BCUT2D eigenvalue weighted by Gasteiger charge is -2.29. The Morgan fingerprint density at radius 2 is 2.16 bits per heavy atom. The number of hydrogen-bond acceptors (Lipinski definition) is 4. The number of nitrogens with zero attached hydrogens (tertiary/aromatic N) is 1. The number of nitrogens with one attached hydrogen (secondary N) is 1. The number of hydrogen-bond donors (Lipinski definition) is 2. The van der Waals surface area contributed by atoms with Crippen molar-refractivity contribution < 1.29 is 14.3 Å². The molecule has 1 aromatic carbocycles. The number of fused-ring (bicyclic) bond motifs is 1. The van der Waals surface area contributed by atoms with Crippen LogP contribution in [0.15, 0.2) is 24.3 Å². The van der Waals surface area contributed by atoms with Crippen molar-refractivity contribution in [2.24, 2.45) is 5.84 Å². The highest BCUT2D eigenvalue weighted by molar-refractivity contribution is 5.97. The monoisotopic (exact) mass is 263 g/mol. The molecule has 0 saturated carbocycles. The van der Waals surface area contributed by atoms with Gasteiger partial charge in [0.25, 0.3) is 5.91 Å². The molecule has 1 aliphatic heterocycles. The molecular formula is C13H17N3O3. The molecule has 1 aliphatic rings. The Morgan fingerprint density at radius 3 is 2.95 bits per heavy atom. The molecule has 0 fully saturated rings. The Labute approximate surface area is 111 Å². The summed E-state index contributed by atoms with van der Waals surface area (Å²) in [5.74, 6) is 5.49. The summed E-state index contributed by atoms with van der Waals surface area (Å²) < 4.78 is 5.36. The molecule has 0 aliphatic carbocycles. The zero-order chi connectivity index (χ0) is 13.7. The fourth-order valence-electron chi connectivity index (χ4n) is 2.03. The van der Waals surface area contributed by atoms with E-state index in [1.165, 1.54) is 0 Å². The van der Waals surface area contributed by atoms with E-state index in [4.69, 9.17) is 10.6 Å². The molecule has 2 amide bonds. The first-order valence-electron chi connectivity index (χ1n) is 6.24. The van der Waals surface area contributed by atoms with Gasteiger partial charge in [-0.05, 0) is 25.0 Å². The molecule has 0 saturated heterocycles. The van der Waals surface area contributed by atoms with Crippen molar-refractivity contribution in [3.05, 3.63) is 24.3 Å². The molecule has 0 unspecified atom stereocenters. The molecule has 102 valence electrons. The van der Waals surface area contributed by atoms with Crippen molar-refractivity contribution in [2.45, 2.75) is 19.3 Å². The van der Waals surface area contributed by atoms with Gasteiger partial charge >= 0.3 is 0 Å². The summed E-state index contributed by atoms with van der Waals surface area (Å²) in [6.45, 7) is 0.650. The Hall–Kier alpha value is -2.08. The van der Waals surface area contributed by atoms with Crippen LogP contribution in [-0.2, 0) is 9.59 Å². The molecule has 0 radical (unpaired) electrons. The summed E-state index contributed by atoms with van der Waals surface area (Å²) in [6.07, 6.45) is 1.81. The van der Waals surface area contributed by atoms with Crippen molar-refractivity contribution in [3.8, 4) is 5.75 Å². The van der Waals surface area contributed by atoms with Gasteiger partial charge in [-0.25, -0.2) is 5.84 Å². The van der Waals surface area contributed by atoms with E-state index in [1.807, 2.05) is 24.3 Å². The molecule has 6 heteroatoms. The van der Waals surface area contributed by atoms with Crippen molar-refractivity contribution in [2.75, 3.05) is 18.1 Å². The van der Waals surface area contributed by atoms with Crippen molar-refractivity contribution in [1.82, 2.24) is 5.43 Å². The maximum Gasteiger partial charge on any atom is 0.265 e. The van der Waals surface area contributed by atoms with Crippen LogP contribution in [0, 0.1) is 0 Å². The van der Waals surface area contributed by atoms with Crippen LogP contribution < -0.4 is 20.9 Å². The van der Waals surface area contributed by atoms with Crippen molar-refractivity contribution in [1.29, 1.82) is 0 Å². The summed E-state index contributed by atoms with van der Waals surface area (Å²) in [4.78, 5) is 24.5. The van der Waals surface area contributed by atoms with Gasteiger partial charge in [0.05, 0.1) is 5.69 Å². The molecule has 3 N–H and O–H groups in total. The number of amides is 2. The van der Waals surface area contributed by atoms with Gasteiger partial charge < -0.3 is 9.64 Å². The lowest BCUT2D eigenvalue weighted by Crippen LogP contribution is -2.39. The van der Waals surface area contributed by atoms with Crippen LogP contribution in [0.4, 0.5) is 5.69 Å². The van der Waals surface area contributed by atoms with E-state index in [9.17, 15) is 9.59 Å². The maximum absolute atomic E-state index is 11.8. The Bertz CT molecular complexity index is 476. The quantitative estimate of drug-likeness (QED) is 0.352. The van der Waals surface area contributed by atoms with Gasteiger partial charge in [0.15, 0.2) is 6.61 Å². The van der Waals surface area contributed by atoms with Gasteiger partial charge in [-0.3, -0.25) is 15.0 Å². The van der Waals surface area contributed by atoms with Crippen LogP contribution in [0.5, 0.6) is 5.75 Å². The van der Waals surface area contributed by atoms with E-state index in [-0.39, 0.29) is 18.4 Å². The number of rotatable bonds is 5. The zero-order valence-corrected chi connectivity index (χ0v) is 10.6. The SMILES string of the molecule is NNC(=O)CCCCN1C(=O)COc2ccccc21. The van der Waals surface area contributed by atoms with Crippen LogP contribution in [-0.4, -0.2) is 25.0 Å². The largest absolute Gasteiger partial charge is 0.482 e. The summed E-state index contributed by atoms with van der Waals surface area (Å²) in [5, 5.41) is 0. The minimum Gasteiger partial charge on any atom is -0.482 e. The van der Waals surface area contributed by atoms with E-state index in [1.54, 1.807) is 4.90 Å². The number of carbonyl (C=O) groups is 2. The van der Waals surface area contributed by atoms with E-state index in [0.717, 1.165) is 17.9 Å². The minimum absolute atomic E-state index is 0.0537. The Morgan fingerprint density at radius 1 is 1.37 bits per heavy atom. The molecule has 0 bridgehead atoms. The summed E-state index contributed by atoms with van der Waals surface area (Å²) in [5.41, 5.74) is 2.88. The highest BCUT2D eigenvalue weighted by Crippen LogP contribution is 2.31. The number of ether oxygens (including phenoxy) is 1.